The first kappa shape index (κ1) is 28.0. The standard InChI is InChI=1S/C29H36FN5O2/c1-4-34-13-11-23(14-22-7-9-26(30)10-8-22)15-28(34)6-5-12-35(19-31)29(32)33-27-17-24(20(2)36)16-25(18-27)21(3)37/h7-10,16-18,23,28H,4-6,11-15H2,1-3H3,(H2,32,33)/t23-,28-/m0/s1. The number of aliphatic imine (C=N–C) groups is 1. The second-order valence-corrected chi connectivity index (χ2v) is 9.75. The van der Waals surface area contributed by atoms with Gasteiger partial charge in [-0.15, -0.1) is 0 Å². The number of carbonyl (C=O) groups is 2. The molecule has 2 aromatic rings. The van der Waals surface area contributed by atoms with E-state index >= 15 is 0 Å². The Balaban J connectivity index is 1.62. The van der Waals surface area contributed by atoms with Crippen molar-refractivity contribution in [2.75, 3.05) is 19.6 Å². The van der Waals surface area contributed by atoms with E-state index in [1.807, 2.05) is 12.1 Å². The fraction of sp³-hybridized carbons (Fsp3) is 0.448. The number of halogens is 1. The molecule has 0 aliphatic carbocycles. The lowest BCUT2D eigenvalue weighted by molar-refractivity contribution is 0.101. The van der Waals surface area contributed by atoms with E-state index in [9.17, 15) is 19.2 Å². The number of piperidine rings is 1. The van der Waals surface area contributed by atoms with Gasteiger partial charge >= 0.3 is 0 Å². The molecule has 1 aliphatic rings. The highest BCUT2D eigenvalue weighted by molar-refractivity contribution is 6.01. The lowest BCUT2D eigenvalue weighted by Crippen LogP contribution is -2.43. The maximum absolute atomic E-state index is 13.3. The molecule has 1 fully saturated rings. The van der Waals surface area contributed by atoms with Crippen molar-refractivity contribution in [1.29, 1.82) is 5.26 Å². The minimum Gasteiger partial charge on any atom is -0.369 e. The van der Waals surface area contributed by atoms with Gasteiger partial charge in [0.1, 0.15) is 5.82 Å². The minimum absolute atomic E-state index is 0.0304. The third kappa shape index (κ3) is 7.96. The van der Waals surface area contributed by atoms with Crippen LogP contribution in [-0.4, -0.2) is 53.0 Å². The Labute approximate surface area is 218 Å². The van der Waals surface area contributed by atoms with Crippen LogP contribution in [0.15, 0.2) is 47.5 Å². The molecular weight excluding hydrogens is 469 g/mol. The molecule has 196 valence electrons. The van der Waals surface area contributed by atoms with Crippen LogP contribution in [0.4, 0.5) is 10.1 Å². The Morgan fingerprint density at radius 2 is 1.81 bits per heavy atom. The first-order valence-electron chi connectivity index (χ1n) is 12.9. The fourth-order valence-corrected chi connectivity index (χ4v) is 5.01. The first-order valence-corrected chi connectivity index (χ1v) is 12.9. The van der Waals surface area contributed by atoms with Gasteiger partial charge in [-0.25, -0.2) is 14.3 Å². The summed E-state index contributed by atoms with van der Waals surface area (Å²) in [5.41, 5.74) is 8.42. The molecule has 1 saturated heterocycles. The SMILES string of the molecule is CCN1CC[C@@H](Cc2ccc(F)cc2)C[C@@H]1CCCN(C#N)C(N)=Nc1cc(C(C)=O)cc(C(C)=O)c1. The summed E-state index contributed by atoms with van der Waals surface area (Å²) >= 11 is 0. The number of guanidine groups is 1. The highest BCUT2D eigenvalue weighted by atomic mass is 19.1. The predicted molar refractivity (Wildman–Crippen MR) is 143 cm³/mol. The fourth-order valence-electron chi connectivity index (χ4n) is 5.01. The Kier molecular flexibility index (Phi) is 9.93. The van der Waals surface area contributed by atoms with E-state index in [-0.39, 0.29) is 23.3 Å². The van der Waals surface area contributed by atoms with Crippen molar-refractivity contribution in [3.05, 3.63) is 65.0 Å². The molecule has 0 saturated carbocycles. The number of benzene rings is 2. The number of nitrogens with two attached hydrogens (primary N) is 1. The van der Waals surface area contributed by atoms with Crippen LogP contribution in [0.25, 0.3) is 0 Å². The predicted octanol–water partition coefficient (Wildman–Crippen LogP) is 5.08. The second kappa shape index (κ2) is 13.1. The smallest absolute Gasteiger partial charge is 0.209 e. The Hall–Kier alpha value is -3.57. The molecule has 0 unspecified atom stereocenters. The normalized spacial score (nSPS) is 18.3. The minimum atomic E-state index is -0.210. The van der Waals surface area contributed by atoms with Crippen LogP contribution >= 0.6 is 0 Å². The number of hydrogen-bond acceptors (Lipinski definition) is 5. The molecule has 3 rings (SSSR count). The number of carbonyl (C=O) groups excluding carboxylic acids is 2. The Morgan fingerprint density at radius 1 is 1.16 bits per heavy atom. The summed E-state index contributed by atoms with van der Waals surface area (Å²) in [6, 6.07) is 11.9. The van der Waals surface area contributed by atoms with E-state index < -0.39 is 0 Å². The number of hydrogen-bond donors (Lipinski definition) is 1. The number of rotatable bonds is 10. The molecule has 7 nitrogen and oxygen atoms in total. The summed E-state index contributed by atoms with van der Waals surface area (Å²) in [4.78, 5) is 31.9. The molecule has 0 amide bonds. The van der Waals surface area contributed by atoms with Gasteiger partial charge in [0.2, 0.25) is 5.96 Å². The lowest BCUT2D eigenvalue weighted by atomic mass is 9.84. The maximum Gasteiger partial charge on any atom is 0.209 e. The first-order chi connectivity index (χ1) is 17.7. The molecule has 2 aromatic carbocycles. The molecular formula is C29H36FN5O2. The average molecular weight is 506 g/mol. The van der Waals surface area contributed by atoms with Crippen molar-refractivity contribution in [3.8, 4) is 6.19 Å². The van der Waals surface area contributed by atoms with E-state index in [2.05, 4.69) is 23.0 Å². The van der Waals surface area contributed by atoms with Crippen molar-refractivity contribution < 1.29 is 14.0 Å². The van der Waals surface area contributed by atoms with Crippen molar-refractivity contribution >= 4 is 23.2 Å². The molecule has 0 aromatic heterocycles. The van der Waals surface area contributed by atoms with Crippen molar-refractivity contribution in [2.45, 2.75) is 58.9 Å². The van der Waals surface area contributed by atoms with Gasteiger partial charge in [-0.2, -0.15) is 5.26 Å². The van der Waals surface area contributed by atoms with E-state index in [0.29, 0.717) is 35.3 Å². The monoisotopic (exact) mass is 505 g/mol. The molecule has 1 heterocycles. The lowest BCUT2D eigenvalue weighted by Gasteiger charge is -2.39. The summed E-state index contributed by atoms with van der Waals surface area (Å²) in [7, 11) is 0. The van der Waals surface area contributed by atoms with Gasteiger partial charge in [-0.3, -0.25) is 9.59 Å². The van der Waals surface area contributed by atoms with Crippen LogP contribution in [-0.2, 0) is 6.42 Å². The number of Topliss-reactive ketones (excluding diaryl/α,β-unsaturated/α-hetero) is 2. The zero-order chi connectivity index (χ0) is 26.9. The molecule has 8 heteroatoms. The summed E-state index contributed by atoms with van der Waals surface area (Å²) in [5.74, 6) is 0.00362. The van der Waals surface area contributed by atoms with Gasteiger partial charge in [0, 0.05) is 23.7 Å². The number of ketones is 2. The summed E-state index contributed by atoms with van der Waals surface area (Å²) in [6.07, 6.45) is 6.92. The molecule has 37 heavy (non-hydrogen) atoms. The van der Waals surface area contributed by atoms with Crippen molar-refractivity contribution in [1.82, 2.24) is 9.80 Å². The molecule has 0 bridgehead atoms. The van der Waals surface area contributed by atoms with Crippen LogP contribution < -0.4 is 5.73 Å². The summed E-state index contributed by atoms with van der Waals surface area (Å²) in [5, 5.41) is 9.69. The maximum atomic E-state index is 13.3. The van der Waals surface area contributed by atoms with Gasteiger partial charge in [0.05, 0.1) is 5.69 Å². The van der Waals surface area contributed by atoms with Crippen LogP contribution in [0, 0.1) is 23.2 Å². The molecule has 0 spiro atoms. The third-order valence-electron chi connectivity index (χ3n) is 7.08. The van der Waals surface area contributed by atoms with Gasteiger partial charge in [-0.05, 0) is 101 Å². The Bertz CT molecular complexity index is 1140. The Morgan fingerprint density at radius 3 is 2.38 bits per heavy atom. The number of likely N-dealkylation sites (tertiary alicyclic amines) is 1. The molecule has 2 N–H and O–H groups in total. The van der Waals surface area contributed by atoms with Gasteiger partial charge in [-0.1, -0.05) is 19.1 Å². The average Bonchev–Trinajstić information content (AvgIpc) is 2.87. The van der Waals surface area contributed by atoms with E-state index in [1.165, 1.54) is 36.9 Å². The molecule has 0 radical (unpaired) electrons. The van der Waals surface area contributed by atoms with Gasteiger partial charge in [0.25, 0.3) is 0 Å². The van der Waals surface area contributed by atoms with Crippen LogP contribution in [0.1, 0.15) is 72.7 Å². The third-order valence-corrected chi connectivity index (χ3v) is 7.08. The van der Waals surface area contributed by atoms with Gasteiger partial charge in [0.15, 0.2) is 17.8 Å². The van der Waals surface area contributed by atoms with Crippen molar-refractivity contribution in [2.24, 2.45) is 16.6 Å². The van der Waals surface area contributed by atoms with Crippen LogP contribution in [0.2, 0.25) is 0 Å². The number of nitrogens with zero attached hydrogens (tertiary/aromatic N) is 4. The van der Waals surface area contributed by atoms with Crippen LogP contribution in [0.3, 0.4) is 0 Å². The van der Waals surface area contributed by atoms with Gasteiger partial charge < -0.3 is 10.6 Å². The zero-order valence-electron chi connectivity index (χ0n) is 21.9. The largest absolute Gasteiger partial charge is 0.369 e. The molecule has 2 atom stereocenters. The second-order valence-electron chi connectivity index (χ2n) is 9.75. The van der Waals surface area contributed by atoms with Crippen LogP contribution in [0.5, 0.6) is 0 Å². The van der Waals surface area contributed by atoms with E-state index in [1.54, 1.807) is 12.1 Å². The number of nitriles is 1. The summed E-state index contributed by atoms with van der Waals surface area (Å²) < 4.78 is 13.3. The van der Waals surface area contributed by atoms with E-state index in [0.717, 1.165) is 50.8 Å². The van der Waals surface area contributed by atoms with E-state index in [4.69, 9.17) is 5.73 Å². The molecule has 1 aliphatic heterocycles. The highest BCUT2D eigenvalue weighted by Gasteiger charge is 2.27. The highest BCUT2D eigenvalue weighted by Crippen LogP contribution is 2.28. The topological polar surface area (TPSA) is 103 Å². The zero-order valence-corrected chi connectivity index (χ0v) is 21.9. The van der Waals surface area contributed by atoms with Crippen molar-refractivity contribution in [3.63, 3.8) is 0 Å². The summed E-state index contributed by atoms with van der Waals surface area (Å²) in [6.45, 7) is 7.45. The quantitative estimate of drug-likeness (QED) is 0.159.